The van der Waals surface area contributed by atoms with Crippen LogP contribution < -0.4 is 11.5 Å². The Balaban J connectivity index is 0.000000260. The van der Waals surface area contributed by atoms with Gasteiger partial charge in [-0.3, -0.25) is 0 Å². The van der Waals surface area contributed by atoms with E-state index < -0.39 is 23.9 Å². The summed E-state index contributed by atoms with van der Waals surface area (Å²) in [4.78, 5) is 42.3. The highest BCUT2D eigenvalue weighted by Gasteiger charge is 2.18. The summed E-state index contributed by atoms with van der Waals surface area (Å²) in [6.45, 7) is 0. The number of aromatic carboxylic acids is 4. The van der Waals surface area contributed by atoms with Gasteiger partial charge in [-0.1, -0.05) is 6.07 Å². The van der Waals surface area contributed by atoms with Gasteiger partial charge < -0.3 is 31.9 Å². The third kappa shape index (κ3) is 4.71. The Bertz CT molecular complexity index is 880. The lowest BCUT2D eigenvalue weighted by Crippen LogP contribution is -2.10. The van der Waals surface area contributed by atoms with Crippen molar-refractivity contribution in [2.24, 2.45) is 0 Å². The molecule has 2 rings (SSSR count). The molecule has 0 aliphatic rings. The third-order valence-corrected chi connectivity index (χ3v) is 3.05. The molecule has 10 heteroatoms. The zero-order chi connectivity index (χ0) is 20.0. The molecular formula is C16H14N2O8. The second kappa shape index (κ2) is 8.15. The van der Waals surface area contributed by atoms with E-state index in [0.717, 1.165) is 6.07 Å². The molecule has 0 aromatic heterocycles. The van der Waals surface area contributed by atoms with Gasteiger partial charge in [0.2, 0.25) is 0 Å². The van der Waals surface area contributed by atoms with Crippen molar-refractivity contribution in [2.45, 2.75) is 0 Å². The summed E-state index contributed by atoms with van der Waals surface area (Å²) in [6.07, 6.45) is 0. The van der Waals surface area contributed by atoms with Crippen LogP contribution in [-0.4, -0.2) is 44.3 Å². The number of rotatable bonds is 4. The lowest BCUT2D eigenvalue weighted by atomic mass is 10.1. The fourth-order valence-corrected chi connectivity index (χ4v) is 1.91. The Hall–Kier alpha value is -4.08. The van der Waals surface area contributed by atoms with Crippen molar-refractivity contribution in [1.82, 2.24) is 0 Å². The van der Waals surface area contributed by atoms with E-state index in [1.807, 2.05) is 0 Å². The summed E-state index contributed by atoms with van der Waals surface area (Å²) in [7, 11) is 0. The molecule has 2 aromatic carbocycles. The second-order valence-corrected chi connectivity index (χ2v) is 4.80. The van der Waals surface area contributed by atoms with E-state index in [1.165, 1.54) is 30.3 Å². The SMILES string of the molecule is Nc1ccc(C(=O)O)c(C(=O)O)c1.Nc1cccc(C(=O)O)c1C(=O)O. The van der Waals surface area contributed by atoms with Gasteiger partial charge in [-0.2, -0.15) is 0 Å². The summed E-state index contributed by atoms with van der Waals surface area (Å²) in [5, 5.41) is 34.5. The zero-order valence-corrected chi connectivity index (χ0v) is 13.0. The van der Waals surface area contributed by atoms with Gasteiger partial charge in [-0.15, -0.1) is 0 Å². The summed E-state index contributed by atoms with van der Waals surface area (Å²) in [6, 6.07) is 7.56. The van der Waals surface area contributed by atoms with Crippen molar-refractivity contribution >= 4 is 35.3 Å². The Morgan fingerprint density at radius 1 is 0.654 bits per heavy atom. The number of carboxylic acid groups (broad SMARTS) is 4. The molecule has 0 spiro atoms. The number of nitrogen functional groups attached to an aromatic ring is 2. The van der Waals surface area contributed by atoms with Gasteiger partial charge in [-0.25, -0.2) is 19.2 Å². The van der Waals surface area contributed by atoms with Crippen LogP contribution >= 0.6 is 0 Å². The van der Waals surface area contributed by atoms with Crippen molar-refractivity contribution in [3.8, 4) is 0 Å². The largest absolute Gasteiger partial charge is 0.478 e. The first-order chi connectivity index (χ1) is 12.1. The Morgan fingerprint density at radius 3 is 1.62 bits per heavy atom. The van der Waals surface area contributed by atoms with E-state index in [4.69, 9.17) is 31.9 Å². The zero-order valence-electron chi connectivity index (χ0n) is 13.0. The molecule has 8 N–H and O–H groups in total. The van der Waals surface area contributed by atoms with Crippen molar-refractivity contribution < 1.29 is 39.6 Å². The van der Waals surface area contributed by atoms with Crippen LogP contribution in [0.4, 0.5) is 11.4 Å². The van der Waals surface area contributed by atoms with Crippen LogP contribution in [-0.2, 0) is 0 Å². The van der Waals surface area contributed by atoms with Crippen molar-refractivity contribution in [2.75, 3.05) is 11.5 Å². The fraction of sp³-hybridized carbons (Fsp3) is 0. The molecule has 0 atom stereocenters. The molecule has 0 saturated carbocycles. The van der Waals surface area contributed by atoms with Gasteiger partial charge in [-0.05, 0) is 30.3 Å². The second-order valence-electron chi connectivity index (χ2n) is 4.80. The number of hydrogen-bond acceptors (Lipinski definition) is 6. The first-order valence-corrected chi connectivity index (χ1v) is 6.77. The molecule has 136 valence electrons. The van der Waals surface area contributed by atoms with Crippen molar-refractivity contribution in [1.29, 1.82) is 0 Å². The van der Waals surface area contributed by atoms with E-state index in [2.05, 4.69) is 0 Å². The van der Waals surface area contributed by atoms with Crippen LogP contribution in [0.25, 0.3) is 0 Å². The molecular weight excluding hydrogens is 348 g/mol. The highest BCUT2D eigenvalue weighted by Crippen LogP contribution is 2.16. The van der Waals surface area contributed by atoms with Gasteiger partial charge in [0.15, 0.2) is 0 Å². The molecule has 0 aliphatic heterocycles. The lowest BCUT2D eigenvalue weighted by molar-refractivity contribution is 0.0651. The predicted molar refractivity (Wildman–Crippen MR) is 89.5 cm³/mol. The highest BCUT2D eigenvalue weighted by molar-refractivity contribution is 6.05. The first-order valence-electron chi connectivity index (χ1n) is 6.77. The van der Waals surface area contributed by atoms with Gasteiger partial charge in [0.05, 0.1) is 22.3 Å². The molecule has 26 heavy (non-hydrogen) atoms. The third-order valence-electron chi connectivity index (χ3n) is 3.05. The van der Waals surface area contributed by atoms with E-state index in [-0.39, 0.29) is 33.6 Å². The van der Waals surface area contributed by atoms with Crippen molar-refractivity contribution in [3.05, 3.63) is 58.7 Å². The molecule has 0 bridgehead atoms. The summed E-state index contributed by atoms with van der Waals surface area (Å²) in [5.41, 5.74) is 9.58. The normalized spacial score (nSPS) is 9.54. The molecule has 0 amide bonds. The molecule has 0 aliphatic carbocycles. The van der Waals surface area contributed by atoms with Crippen LogP contribution in [0.15, 0.2) is 36.4 Å². The molecule has 10 nitrogen and oxygen atoms in total. The number of carboxylic acids is 4. The first kappa shape index (κ1) is 20.0. The maximum atomic E-state index is 10.6. The Kier molecular flexibility index (Phi) is 6.26. The maximum absolute atomic E-state index is 10.6. The minimum absolute atomic E-state index is 0.0487. The number of anilines is 2. The Labute approximate surface area is 145 Å². The molecule has 2 aromatic rings. The molecule has 0 saturated heterocycles. The summed E-state index contributed by atoms with van der Waals surface area (Å²) < 4.78 is 0. The van der Waals surface area contributed by atoms with Crippen LogP contribution in [0.2, 0.25) is 0 Å². The summed E-state index contributed by atoms with van der Waals surface area (Å²) in [5.74, 6) is -5.22. The predicted octanol–water partition coefficient (Wildman–Crippen LogP) is 1.33. The highest BCUT2D eigenvalue weighted by atomic mass is 16.4. The van der Waals surface area contributed by atoms with Gasteiger partial charge in [0.25, 0.3) is 0 Å². The van der Waals surface area contributed by atoms with Gasteiger partial charge in [0, 0.05) is 11.4 Å². The van der Waals surface area contributed by atoms with Crippen LogP contribution in [0, 0.1) is 0 Å². The molecule has 0 unspecified atom stereocenters. The lowest BCUT2D eigenvalue weighted by Gasteiger charge is -2.03. The standard InChI is InChI=1S/2C8H7NO4/c9-4-1-2-5(7(10)11)6(3-4)8(12)13;9-5-3-1-2-4(7(10)11)6(5)8(12)13/h2*1-3H,9H2,(H,10,11)(H,12,13). The van der Waals surface area contributed by atoms with E-state index in [9.17, 15) is 19.2 Å². The van der Waals surface area contributed by atoms with Crippen LogP contribution in [0.1, 0.15) is 41.4 Å². The summed E-state index contributed by atoms with van der Waals surface area (Å²) >= 11 is 0. The molecule has 0 fully saturated rings. The average molecular weight is 362 g/mol. The number of benzene rings is 2. The molecule has 0 heterocycles. The molecule has 0 radical (unpaired) electrons. The fourth-order valence-electron chi connectivity index (χ4n) is 1.91. The number of nitrogens with two attached hydrogens (primary N) is 2. The number of carbonyl (C=O) groups is 4. The minimum atomic E-state index is -1.34. The quantitative estimate of drug-likeness (QED) is 0.431. The smallest absolute Gasteiger partial charge is 0.338 e. The van der Waals surface area contributed by atoms with E-state index in [0.29, 0.717) is 0 Å². The number of hydrogen-bond donors (Lipinski definition) is 6. The van der Waals surface area contributed by atoms with Gasteiger partial charge in [0.1, 0.15) is 0 Å². The Morgan fingerprint density at radius 2 is 1.19 bits per heavy atom. The van der Waals surface area contributed by atoms with E-state index >= 15 is 0 Å². The monoisotopic (exact) mass is 362 g/mol. The maximum Gasteiger partial charge on any atom is 0.338 e. The average Bonchev–Trinajstić information content (AvgIpc) is 2.54. The minimum Gasteiger partial charge on any atom is -0.478 e. The van der Waals surface area contributed by atoms with E-state index in [1.54, 1.807) is 0 Å². The van der Waals surface area contributed by atoms with Crippen LogP contribution in [0.3, 0.4) is 0 Å². The topological polar surface area (TPSA) is 201 Å². The van der Waals surface area contributed by atoms with Crippen LogP contribution in [0.5, 0.6) is 0 Å². The van der Waals surface area contributed by atoms with Crippen molar-refractivity contribution in [3.63, 3.8) is 0 Å². The van der Waals surface area contributed by atoms with Gasteiger partial charge >= 0.3 is 23.9 Å².